The average molecular weight is 563 g/mol. The molecule has 2 aliphatic heterocycles. The topological polar surface area (TPSA) is 32.9 Å². The highest BCUT2D eigenvalue weighted by Crippen LogP contribution is 2.37. The summed E-state index contributed by atoms with van der Waals surface area (Å²) in [6, 6.07) is 14.2. The monoisotopic (exact) mass is 562 g/mol. The lowest BCUT2D eigenvalue weighted by Crippen LogP contribution is -2.31. The van der Waals surface area contributed by atoms with Gasteiger partial charge in [-0.3, -0.25) is 0 Å². The molecule has 4 nitrogen and oxygen atoms in total. The van der Waals surface area contributed by atoms with Gasteiger partial charge in [0.25, 0.3) is 0 Å². The highest BCUT2D eigenvalue weighted by atomic mass is 19.1. The zero-order chi connectivity index (χ0) is 30.0. The molecule has 2 aliphatic rings. The third kappa shape index (κ3) is 5.62. The molecule has 2 aromatic carbocycles. The van der Waals surface area contributed by atoms with Crippen LogP contribution in [0.2, 0.25) is 0 Å². The van der Waals surface area contributed by atoms with Crippen LogP contribution in [0, 0.1) is 19.7 Å². The number of pyridine rings is 1. The van der Waals surface area contributed by atoms with E-state index >= 15 is 0 Å². The molecule has 5 rings (SSSR count). The van der Waals surface area contributed by atoms with Crippen molar-refractivity contribution in [1.29, 1.82) is 0 Å². The van der Waals surface area contributed by atoms with Crippen molar-refractivity contribution in [2.45, 2.75) is 40.5 Å². The molecule has 0 aliphatic carbocycles. The highest BCUT2D eigenvalue weighted by Gasteiger charge is 2.23. The Hall–Kier alpha value is -4.58. The van der Waals surface area contributed by atoms with Crippen molar-refractivity contribution < 1.29 is 8.78 Å². The Morgan fingerprint density at radius 3 is 2.55 bits per heavy atom. The lowest BCUT2D eigenvalue weighted by atomic mass is 9.87. The Morgan fingerprint density at radius 2 is 1.81 bits per heavy atom. The summed E-state index contributed by atoms with van der Waals surface area (Å²) in [5, 5.41) is 0. The van der Waals surface area contributed by atoms with Crippen molar-refractivity contribution in [1.82, 2.24) is 9.47 Å². The second kappa shape index (κ2) is 12.1. The van der Waals surface area contributed by atoms with E-state index in [2.05, 4.69) is 62.9 Å². The van der Waals surface area contributed by atoms with Crippen LogP contribution >= 0.6 is 0 Å². The Labute approximate surface area is 246 Å². The van der Waals surface area contributed by atoms with E-state index in [4.69, 9.17) is 9.98 Å². The van der Waals surface area contributed by atoms with Gasteiger partial charge in [-0.2, -0.15) is 0 Å². The summed E-state index contributed by atoms with van der Waals surface area (Å²) in [6.07, 6.45) is 12.0. The molecule has 0 fully saturated rings. The van der Waals surface area contributed by atoms with E-state index in [0.29, 0.717) is 12.0 Å². The number of aliphatic imine (C=N–C) groups is 1. The number of nitrogens with zero attached hydrogens (tertiary/aromatic N) is 4. The molecule has 1 aromatic heterocycles. The lowest BCUT2D eigenvalue weighted by molar-refractivity contribution is 0.557. The maximum absolute atomic E-state index is 14.0. The molecular formula is C36H36F2N4. The van der Waals surface area contributed by atoms with Gasteiger partial charge in [0.1, 0.15) is 23.0 Å². The van der Waals surface area contributed by atoms with E-state index in [1.807, 2.05) is 24.8 Å². The number of aromatic nitrogens is 1. The summed E-state index contributed by atoms with van der Waals surface area (Å²) < 4.78 is 29.7. The van der Waals surface area contributed by atoms with E-state index in [9.17, 15) is 8.78 Å². The normalized spacial score (nSPS) is 15.5. The number of fused-ring (bicyclic) bond motifs is 1. The Bertz CT molecular complexity index is 1770. The van der Waals surface area contributed by atoms with E-state index < -0.39 is 0 Å². The van der Waals surface area contributed by atoms with E-state index in [1.165, 1.54) is 30.1 Å². The first-order valence-corrected chi connectivity index (χ1v) is 14.3. The van der Waals surface area contributed by atoms with Crippen LogP contribution in [0.5, 0.6) is 0 Å². The fraction of sp³-hybridized carbons (Fsp3) is 0.222. The zero-order valence-electron chi connectivity index (χ0n) is 24.9. The predicted octanol–water partition coefficient (Wildman–Crippen LogP) is 8.35. The smallest absolute Gasteiger partial charge is 0.139 e. The van der Waals surface area contributed by atoms with Crippen molar-refractivity contribution in [3.05, 3.63) is 136 Å². The number of amidine groups is 1. The van der Waals surface area contributed by atoms with Crippen LogP contribution in [-0.4, -0.2) is 21.8 Å². The molecule has 0 saturated carbocycles. The van der Waals surface area contributed by atoms with Gasteiger partial charge in [0.2, 0.25) is 0 Å². The largest absolute Gasteiger partial charge is 0.333 e. The van der Waals surface area contributed by atoms with Crippen molar-refractivity contribution >= 4 is 17.2 Å². The zero-order valence-corrected chi connectivity index (χ0v) is 24.9. The number of hydrogen-bond acceptors (Lipinski definition) is 3. The van der Waals surface area contributed by atoms with Gasteiger partial charge in [0.15, 0.2) is 0 Å². The van der Waals surface area contributed by atoms with Crippen LogP contribution in [-0.2, 0) is 13.5 Å². The first-order valence-electron chi connectivity index (χ1n) is 14.3. The first-order chi connectivity index (χ1) is 20.2. The summed E-state index contributed by atoms with van der Waals surface area (Å²) in [4.78, 5) is 11.8. The highest BCUT2D eigenvalue weighted by molar-refractivity contribution is 6.04. The van der Waals surface area contributed by atoms with Crippen LogP contribution < -0.4 is 5.49 Å². The molecule has 0 amide bonds. The van der Waals surface area contributed by atoms with E-state index in [-0.39, 0.29) is 11.6 Å². The quantitative estimate of drug-likeness (QED) is 0.266. The summed E-state index contributed by atoms with van der Waals surface area (Å²) >= 11 is 0. The summed E-state index contributed by atoms with van der Waals surface area (Å²) in [7, 11) is 1.80. The third-order valence-electron chi connectivity index (χ3n) is 7.68. The second-order valence-corrected chi connectivity index (χ2v) is 10.8. The van der Waals surface area contributed by atoms with Crippen molar-refractivity contribution in [2.75, 3.05) is 6.54 Å². The van der Waals surface area contributed by atoms with Crippen LogP contribution in [0.4, 0.5) is 8.78 Å². The molecule has 0 N–H and O–H groups in total. The number of rotatable bonds is 7. The Morgan fingerprint density at radius 1 is 1.07 bits per heavy atom. The molecular weight excluding hydrogens is 526 g/mol. The molecule has 0 atom stereocenters. The van der Waals surface area contributed by atoms with Crippen LogP contribution in [0.1, 0.15) is 48.1 Å². The number of allylic oxidation sites excluding steroid dienone is 4. The molecule has 0 unspecified atom stereocenters. The number of hydrogen-bond donors (Lipinski definition) is 0. The van der Waals surface area contributed by atoms with E-state index in [1.54, 1.807) is 17.7 Å². The molecule has 42 heavy (non-hydrogen) atoms. The summed E-state index contributed by atoms with van der Waals surface area (Å²) in [6.45, 7) is 12.5. The fourth-order valence-electron chi connectivity index (χ4n) is 5.77. The Kier molecular flexibility index (Phi) is 8.34. The van der Waals surface area contributed by atoms with Crippen LogP contribution in [0.3, 0.4) is 0 Å². The fourth-order valence-corrected chi connectivity index (χ4v) is 5.77. The molecule has 3 aromatic rings. The average Bonchev–Trinajstić information content (AvgIpc) is 2.95. The summed E-state index contributed by atoms with van der Waals surface area (Å²) in [5.41, 5.74) is 10.6. The van der Waals surface area contributed by atoms with Crippen LogP contribution in [0.15, 0.2) is 107 Å². The van der Waals surface area contributed by atoms with Crippen molar-refractivity contribution in [2.24, 2.45) is 17.0 Å². The van der Waals surface area contributed by atoms with Gasteiger partial charge < -0.3 is 9.47 Å². The maximum atomic E-state index is 14.0. The van der Waals surface area contributed by atoms with Gasteiger partial charge in [0.05, 0.1) is 11.4 Å². The minimum absolute atomic E-state index is 0.257. The third-order valence-corrected chi connectivity index (χ3v) is 7.68. The minimum atomic E-state index is -0.297. The first kappa shape index (κ1) is 28.9. The van der Waals surface area contributed by atoms with Crippen molar-refractivity contribution in [3.8, 4) is 11.1 Å². The molecule has 214 valence electrons. The Balaban J connectivity index is 1.64. The molecule has 0 bridgehead atoms. The van der Waals surface area contributed by atoms with Gasteiger partial charge in [-0.25, -0.2) is 18.8 Å². The number of halogens is 2. The number of benzene rings is 2. The van der Waals surface area contributed by atoms with Gasteiger partial charge >= 0.3 is 0 Å². The molecule has 3 heterocycles. The minimum Gasteiger partial charge on any atom is -0.333 e. The maximum Gasteiger partial charge on any atom is 0.139 e. The van der Waals surface area contributed by atoms with Gasteiger partial charge in [-0.05, 0) is 84.9 Å². The molecule has 0 spiro atoms. The molecule has 0 saturated heterocycles. The standard InChI is InChI=1S/C36H36F2N4/c1-7-11-30-31(15-10-16-32(30)34-17-18-42-22-27(38)20-24(4)36(42)40-34)28-13-9-14-29(25(28)5)33(12-8-2)39-35-23(3)19-26(37)21-41(35)6/h8-10,12-17,19-22H,2,7,11,18H2,1,3-6H3/b33-12-,39-35-. The van der Waals surface area contributed by atoms with Gasteiger partial charge in [-0.15, -0.1) is 0 Å². The lowest BCUT2D eigenvalue weighted by Gasteiger charge is -2.29. The van der Waals surface area contributed by atoms with Crippen molar-refractivity contribution in [3.63, 3.8) is 0 Å². The van der Waals surface area contributed by atoms with E-state index in [0.717, 1.165) is 69.0 Å². The second-order valence-electron chi connectivity index (χ2n) is 10.8. The number of aryl methyl sites for hydroxylation is 2. The van der Waals surface area contributed by atoms with Gasteiger partial charge in [-0.1, -0.05) is 62.4 Å². The molecule has 0 radical (unpaired) electrons. The summed E-state index contributed by atoms with van der Waals surface area (Å²) in [5.74, 6) is 0.228. The molecule has 6 heteroatoms. The SMILES string of the molecule is C=C/C=C(\N=c1\c(C)cc(F)cn1C)c1cccc(-c2cccc(C3=CCN4C=C(F)C=C(C)C4=N3)c2CCC)c1C. The van der Waals surface area contributed by atoms with Gasteiger partial charge in [0, 0.05) is 37.1 Å². The van der Waals surface area contributed by atoms with Crippen LogP contribution in [0.25, 0.3) is 22.5 Å². The predicted molar refractivity (Wildman–Crippen MR) is 170 cm³/mol.